The zero-order chi connectivity index (χ0) is 25.6. The first-order chi connectivity index (χ1) is 17.1. The van der Waals surface area contributed by atoms with Gasteiger partial charge >= 0.3 is 6.61 Å². The molecular formula is C24H25F2N3O6S. The highest BCUT2D eigenvalue weighted by Gasteiger charge is 2.39. The molecule has 12 heteroatoms. The third-order valence-electron chi connectivity index (χ3n) is 6.62. The smallest absolute Gasteiger partial charge is 0.387 e. The third-order valence-corrected chi connectivity index (χ3v) is 8.43. The number of alkyl halides is 2. The molecule has 36 heavy (non-hydrogen) atoms. The van der Waals surface area contributed by atoms with E-state index < -0.39 is 28.6 Å². The van der Waals surface area contributed by atoms with E-state index in [4.69, 9.17) is 4.74 Å². The fourth-order valence-corrected chi connectivity index (χ4v) is 6.10. The van der Waals surface area contributed by atoms with E-state index in [0.29, 0.717) is 24.5 Å². The highest BCUT2D eigenvalue weighted by Crippen LogP contribution is 2.35. The molecule has 2 aromatic carbocycles. The van der Waals surface area contributed by atoms with E-state index in [1.165, 1.54) is 33.5 Å². The molecule has 0 spiro atoms. The minimum atomic E-state index is -3.86. The Kier molecular flexibility index (Phi) is 6.35. The van der Waals surface area contributed by atoms with E-state index in [-0.39, 0.29) is 36.8 Å². The number of halogens is 2. The maximum Gasteiger partial charge on any atom is 0.387 e. The number of aliphatic hydroxyl groups is 1. The zero-order valence-electron chi connectivity index (χ0n) is 19.4. The summed E-state index contributed by atoms with van der Waals surface area (Å²) in [6, 6.07) is 9.98. The van der Waals surface area contributed by atoms with Gasteiger partial charge in [0.15, 0.2) is 6.10 Å². The molecule has 0 radical (unpaired) electrons. The Morgan fingerprint density at radius 3 is 2.36 bits per heavy atom. The molecule has 9 nitrogen and oxygen atoms in total. The van der Waals surface area contributed by atoms with Crippen LogP contribution in [-0.4, -0.2) is 81.6 Å². The molecule has 0 aromatic heterocycles. The third kappa shape index (κ3) is 4.51. The lowest BCUT2D eigenvalue weighted by molar-refractivity contribution is -0.139. The number of nitrogens with zero attached hydrogens (tertiary/aromatic N) is 3. The van der Waals surface area contributed by atoms with Crippen molar-refractivity contribution in [1.82, 2.24) is 9.21 Å². The molecule has 0 fully saturated rings. The van der Waals surface area contributed by atoms with Crippen LogP contribution < -0.4 is 14.4 Å². The second-order valence-corrected chi connectivity index (χ2v) is 10.9. The number of benzene rings is 2. The molecule has 3 aliphatic rings. The van der Waals surface area contributed by atoms with Gasteiger partial charge in [-0.1, -0.05) is 6.07 Å². The van der Waals surface area contributed by atoms with Crippen molar-refractivity contribution in [3.05, 3.63) is 59.2 Å². The number of carbonyl (C=O) groups excluding carboxylic acids is 1. The average molecular weight is 522 g/mol. The molecule has 3 aliphatic heterocycles. The highest BCUT2D eigenvalue weighted by molar-refractivity contribution is 7.89. The van der Waals surface area contributed by atoms with E-state index in [0.717, 1.165) is 16.8 Å². The van der Waals surface area contributed by atoms with Gasteiger partial charge in [-0.15, -0.1) is 0 Å². The minimum absolute atomic E-state index is 0.0324. The summed E-state index contributed by atoms with van der Waals surface area (Å²) < 4.78 is 61.9. The molecule has 0 saturated heterocycles. The van der Waals surface area contributed by atoms with E-state index in [1.54, 1.807) is 18.2 Å². The van der Waals surface area contributed by atoms with Crippen molar-refractivity contribution in [1.29, 1.82) is 0 Å². The van der Waals surface area contributed by atoms with Gasteiger partial charge in [-0.25, -0.2) is 8.42 Å². The Balaban J connectivity index is 1.22. The summed E-state index contributed by atoms with van der Waals surface area (Å²) in [5.74, 6) is 0.121. The predicted molar refractivity (Wildman–Crippen MR) is 126 cm³/mol. The van der Waals surface area contributed by atoms with Crippen molar-refractivity contribution in [3.63, 3.8) is 0 Å². The summed E-state index contributed by atoms with van der Waals surface area (Å²) in [7, 11) is -1.94. The van der Waals surface area contributed by atoms with Gasteiger partial charge in [-0.3, -0.25) is 4.79 Å². The maximum absolute atomic E-state index is 13.0. The Morgan fingerprint density at radius 2 is 1.72 bits per heavy atom. The fraction of sp³-hybridized carbons (Fsp3) is 0.375. The van der Waals surface area contributed by atoms with Crippen molar-refractivity contribution in [2.45, 2.75) is 17.6 Å². The molecular weight excluding hydrogens is 496 g/mol. The first-order valence-corrected chi connectivity index (χ1v) is 12.8. The van der Waals surface area contributed by atoms with Crippen LogP contribution in [-0.2, 0) is 14.8 Å². The molecule has 0 unspecified atom stereocenters. The number of rotatable bonds is 6. The largest absolute Gasteiger partial charge is 0.490 e. The lowest BCUT2D eigenvalue weighted by atomic mass is 10.1. The van der Waals surface area contributed by atoms with Gasteiger partial charge in [-0.2, -0.15) is 13.1 Å². The first-order valence-electron chi connectivity index (χ1n) is 11.3. The summed E-state index contributed by atoms with van der Waals surface area (Å²) in [6.07, 6.45) is -1.35. The quantitative estimate of drug-likeness (QED) is 0.581. The van der Waals surface area contributed by atoms with Crippen LogP contribution in [0, 0.1) is 0 Å². The number of ether oxygens (including phenoxy) is 2. The molecule has 2 aromatic rings. The molecule has 192 valence electrons. The normalized spacial score (nSPS) is 18.8. The number of hydrogen-bond acceptors (Lipinski definition) is 7. The topological polar surface area (TPSA) is 99.6 Å². The molecule has 0 bridgehead atoms. The van der Waals surface area contributed by atoms with Gasteiger partial charge in [0.05, 0.1) is 17.1 Å². The zero-order valence-corrected chi connectivity index (χ0v) is 20.2. The van der Waals surface area contributed by atoms with Gasteiger partial charge in [0.2, 0.25) is 10.0 Å². The number of aliphatic hydroxyl groups excluding tert-OH is 1. The van der Waals surface area contributed by atoms with Crippen molar-refractivity contribution in [3.8, 4) is 11.5 Å². The SMILES string of the molecule is CN1CCOc2ccc([C@@H](O)C(=O)N3CC4=C(C3)CN(S(=O)(=O)c3ccc(OC(F)F)cc3)C4)cc21. The second kappa shape index (κ2) is 9.34. The highest BCUT2D eigenvalue weighted by atomic mass is 32.2. The number of fused-ring (bicyclic) bond motifs is 1. The summed E-state index contributed by atoms with van der Waals surface area (Å²) in [5.41, 5.74) is 2.90. The Labute approximate surface area is 207 Å². The summed E-state index contributed by atoms with van der Waals surface area (Å²) in [6.45, 7) is -1.03. The van der Waals surface area contributed by atoms with Crippen LogP contribution in [0.15, 0.2) is 58.5 Å². The van der Waals surface area contributed by atoms with Gasteiger partial charge in [-0.05, 0) is 53.1 Å². The van der Waals surface area contributed by atoms with Crippen LogP contribution in [0.5, 0.6) is 11.5 Å². The monoisotopic (exact) mass is 521 g/mol. The number of hydrogen-bond donors (Lipinski definition) is 1. The summed E-state index contributed by atoms with van der Waals surface area (Å²) in [4.78, 5) is 16.5. The Hall–Kier alpha value is -3.22. The lowest BCUT2D eigenvalue weighted by Crippen LogP contribution is -2.38. The number of carbonyl (C=O) groups is 1. The van der Waals surface area contributed by atoms with Crippen molar-refractivity contribution in [2.24, 2.45) is 0 Å². The molecule has 1 atom stereocenters. The van der Waals surface area contributed by atoms with Crippen LogP contribution in [0.2, 0.25) is 0 Å². The molecule has 0 saturated carbocycles. The predicted octanol–water partition coefficient (Wildman–Crippen LogP) is 1.99. The van der Waals surface area contributed by atoms with E-state index in [2.05, 4.69) is 4.74 Å². The van der Waals surface area contributed by atoms with Gasteiger partial charge < -0.3 is 24.4 Å². The fourth-order valence-electron chi connectivity index (χ4n) is 4.67. The standard InChI is InChI=1S/C24H25F2N3O6S/c1-27-8-9-34-21-7-2-15(10-20(21)27)22(30)23(31)28-11-16-13-29(14-17(16)12-28)36(32,33)19-5-3-18(4-6-19)35-24(25)26/h2-7,10,22,24,30H,8-9,11-14H2,1H3/t22-/m1/s1. The second-order valence-electron chi connectivity index (χ2n) is 8.92. The van der Waals surface area contributed by atoms with Crippen LogP contribution in [0.25, 0.3) is 0 Å². The number of amides is 1. The molecule has 5 rings (SSSR count). The summed E-state index contributed by atoms with van der Waals surface area (Å²) >= 11 is 0. The van der Waals surface area contributed by atoms with Gasteiger partial charge in [0.25, 0.3) is 5.91 Å². The van der Waals surface area contributed by atoms with E-state index >= 15 is 0 Å². The molecule has 3 heterocycles. The first kappa shape index (κ1) is 24.5. The van der Waals surface area contributed by atoms with Crippen LogP contribution in [0.1, 0.15) is 11.7 Å². The van der Waals surface area contributed by atoms with Crippen molar-refractivity contribution < 1.29 is 36.6 Å². The van der Waals surface area contributed by atoms with Crippen molar-refractivity contribution in [2.75, 3.05) is 51.3 Å². The minimum Gasteiger partial charge on any atom is -0.490 e. The average Bonchev–Trinajstić information content (AvgIpc) is 3.43. The number of sulfonamides is 1. The Bertz CT molecular complexity index is 1300. The number of likely N-dealkylation sites (N-methyl/N-ethyl adjacent to an activating group) is 1. The van der Waals surface area contributed by atoms with E-state index in [1.807, 2.05) is 11.9 Å². The van der Waals surface area contributed by atoms with Crippen LogP contribution in [0.3, 0.4) is 0 Å². The maximum atomic E-state index is 13.0. The van der Waals surface area contributed by atoms with Crippen molar-refractivity contribution >= 4 is 21.6 Å². The summed E-state index contributed by atoms with van der Waals surface area (Å²) in [5, 5.41) is 10.8. The van der Waals surface area contributed by atoms with E-state index in [9.17, 15) is 27.1 Å². The van der Waals surface area contributed by atoms with Gasteiger partial charge in [0.1, 0.15) is 18.1 Å². The molecule has 1 N–H and O–H groups in total. The lowest BCUT2D eigenvalue weighted by Gasteiger charge is -2.29. The molecule has 1 amide bonds. The Morgan fingerprint density at radius 1 is 1.06 bits per heavy atom. The van der Waals surface area contributed by atoms with Crippen LogP contribution >= 0.6 is 0 Å². The van der Waals surface area contributed by atoms with Crippen LogP contribution in [0.4, 0.5) is 14.5 Å². The van der Waals surface area contributed by atoms with Gasteiger partial charge in [0, 0.05) is 33.2 Å². The molecule has 0 aliphatic carbocycles. The number of anilines is 1.